The molecule has 0 saturated carbocycles. The Hall–Kier alpha value is -1.44. The number of benzene rings is 1. The molecule has 1 aliphatic carbocycles. The van der Waals surface area contributed by atoms with E-state index >= 15 is 0 Å². The van der Waals surface area contributed by atoms with Gasteiger partial charge in [-0.1, -0.05) is 18.6 Å². The van der Waals surface area contributed by atoms with Crippen LogP contribution >= 0.6 is 0 Å². The van der Waals surface area contributed by atoms with Gasteiger partial charge in [0, 0.05) is 12.2 Å². The molecule has 0 saturated heterocycles. The van der Waals surface area contributed by atoms with Crippen LogP contribution in [0.2, 0.25) is 0 Å². The first-order valence-electron chi connectivity index (χ1n) is 6.75. The molecule has 2 unspecified atom stereocenters. The van der Waals surface area contributed by atoms with E-state index in [0.29, 0.717) is 11.7 Å². The first-order valence-corrected chi connectivity index (χ1v) is 6.75. The fourth-order valence-corrected chi connectivity index (χ4v) is 2.87. The second-order valence-electron chi connectivity index (χ2n) is 5.68. The first-order chi connectivity index (χ1) is 8.54. The lowest BCUT2D eigenvalue weighted by molar-refractivity contribution is 0.421. The van der Waals surface area contributed by atoms with Crippen molar-refractivity contribution in [3.63, 3.8) is 0 Å². The summed E-state index contributed by atoms with van der Waals surface area (Å²) in [5.41, 5.74) is 3.54. The number of hydrogen-bond acceptors (Lipinski definition) is 2. The van der Waals surface area contributed by atoms with Crippen LogP contribution in [-0.4, -0.2) is 11.7 Å². The highest BCUT2D eigenvalue weighted by Gasteiger charge is 2.17. The zero-order chi connectivity index (χ0) is 13.1. The van der Waals surface area contributed by atoms with Gasteiger partial charge < -0.3 is 10.4 Å². The molecule has 0 aromatic heterocycles. The third-order valence-electron chi connectivity index (χ3n) is 3.68. The van der Waals surface area contributed by atoms with E-state index in [2.05, 4.69) is 25.2 Å². The maximum Gasteiger partial charge on any atom is 0.118 e. The normalized spacial score (nSPS) is 23.6. The summed E-state index contributed by atoms with van der Waals surface area (Å²) in [6.07, 6.45) is 4.86. The van der Waals surface area contributed by atoms with E-state index in [1.54, 1.807) is 6.07 Å². The van der Waals surface area contributed by atoms with Crippen molar-refractivity contribution >= 4 is 5.69 Å². The second-order valence-corrected chi connectivity index (χ2v) is 5.68. The molecule has 1 aliphatic rings. The van der Waals surface area contributed by atoms with Gasteiger partial charge in [-0.25, -0.2) is 0 Å². The van der Waals surface area contributed by atoms with Gasteiger partial charge >= 0.3 is 0 Å². The van der Waals surface area contributed by atoms with Crippen LogP contribution in [0, 0.1) is 18.8 Å². The number of allylic oxidation sites excluding steroid dienone is 2. The molecule has 0 amide bonds. The Morgan fingerprint density at radius 1 is 1.33 bits per heavy atom. The standard InChI is InChI=1S/C16H23NO/c1-11-6-12(2)8-14(7-11)10-17-15-4-5-16(18)13(3)9-15/h4-6,9,11,14,17-18H,7-8,10H2,1-3H3. The minimum absolute atomic E-state index is 0.366. The highest BCUT2D eigenvalue weighted by molar-refractivity contribution is 5.50. The van der Waals surface area contributed by atoms with E-state index in [-0.39, 0.29) is 0 Å². The van der Waals surface area contributed by atoms with Gasteiger partial charge in [-0.05, 0) is 62.3 Å². The molecule has 1 aromatic carbocycles. The van der Waals surface area contributed by atoms with Crippen LogP contribution in [0.4, 0.5) is 5.69 Å². The molecule has 0 spiro atoms. The van der Waals surface area contributed by atoms with Crippen molar-refractivity contribution in [3.8, 4) is 5.75 Å². The highest BCUT2D eigenvalue weighted by Crippen LogP contribution is 2.28. The molecule has 0 fully saturated rings. The van der Waals surface area contributed by atoms with Crippen LogP contribution in [-0.2, 0) is 0 Å². The Balaban J connectivity index is 1.92. The number of rotatable bonds is 3. The largest absolute Gasteiger partial charge is 0.508 e. The third kappa shape index (κ3) is 3.28. The van der Waals surface area contributed by atoms with E-state index in [0.717, 1.165) is 23.7 Å². The van der Waals surface area contributed by atoms with Gasteiger partial charge in [-0.15, -0.1) is 0 Å². The number of aromatic hydroxyl groups is 1. The minimum atomic E-state index is 0.366. The van der Waals surface area contributed by atoms with Crippen molar-refractivity contribution in [1.82, 2.24) is 0 Å². The van der Waals surface area contributed by atoms with Crippen LogP contribution in [0.25, 0.3) is 0 Å². The minimum Gasteiger partial charge on any atom is -0.508 e. The van der Waals surface area contributed by atoms with E-state index < -0.39 is 0 Å². The lowest BCUT2D eigenvalue weighted by atomic mass is 9.84. The van der Waals surface area contributed by atoms with Gasteiger partial charge in [0.05, 0.1) is 0 Å². The van der Waals surface area contributed by atoms with Crippen molar-refractivity contribution in [2.75, 3.05) is 11.9 Å². The molecular weight excluding hydrogens is 222 g/mol. The van der Waals surface area contributed by atoms with Crippen molar-refractivity contribution < 1.29 is 5.11 Å². The van der Waals surface area contributed by atoms with Crippen molar-refractivity contribution in [2.24, 2.45) is 11.8 Å². The molecule has 0 aliphatic heterocycles. The number of hydrogen-bond donors (Lipinski definition) is 2. The van der Waals surface area contributed by atoms with Gasteiger partial charge in [0.15, 0.2) is 0 Å². The van der Waals surface area contributed by atoms with E-state index in [4.69, 9.17) is 0 Å². The molecule has 0 heterocycles. The molecule has 2 rings (SSSR count). The smallest absolute Gasteiger partial charge is 0.118 e. The molecular formula is C16H23NO. The summed E-state index contributed by atoms with van der Waals surface area (Å²) in [6, 6.07) is 5.70. The van der Waals surface area contributed by atoms with Crippen LogP contribution < -0.4 is 5.32 Å². The number of anilines is 1. The molecule has 98 valence electrons. The molecule has 0 radical (unpaired) electrons. The molecule has 2 heteroatoms. The Bertz CT molecular complexity index is 450. The fraction of sp³-hybridized carbons (Fsp3) is 0.500. The Kier molecular flexibility index (Phi) is 3.95. The SMILES string of the molecule is CC1=CC(C)CC(CNc2ccc(O)c(C)c2)C1. The van der Waals surface area contributed by atoms with Crippen LogP contribution in [0.3, 0.4) is 0 Å². The van der Waals surface area contributed by atoms with E-state index in [1.807, 2.05) is 19.1 Å². The maximum atomic E-state index is 9.49. The van der Waals surface area contributed by atoms with Gasteiger partial charge in [-0.2, -0.15) is 0 Å². The summed E-state index contributed by atoms with van der Waals surface area (Å²) in [4.78, 5) is 0. The third-order valence-corrected chi connectivity index (χ3v) is 3.68. The van der Waals surface area contributed by atoms with Gasteiger partial charge in [0.25, 0.3) is 0 Å². The average Bonchev–Trinajstić information content (AvgIpc) is 2.29. The van der Waals surface area contributed by atoms with Crippen molar-refractivity contribution in [3.05, 3.63) is 35.4 Å². The molecule has 18 heavy (non-hydrogen) atoms. The molecule has 2 atom stereocenters. The lowest BCUT2D eigenvalue weighted by Gasteiger charge is -2.26. The molecule has 2 N–H and O–H groups in total. The first kappa shape index (κ1) is 13.0. The van der Waals surface area contributed by atoms with Crippen molar-refractivity contribution in [1.29, 1.82) is 0 Å². The maximum absolute atomic E-state index is 9.49. The van der Waals surface area contributed by atoms with Gasteiger partial charge in [-0.3, -0.25) is 0 Å². The van der Waals surface area contributed by atoms with E-state index in [1.165, 1.54) is 18.4 Å². The predicted octanol–water partition coefficient (Wildman–Crippen LogP) is 4.10. The van der Waals surface area contributed by atoms with Gasteiger partial charge in [0.2, 0.25) is 0 Å². The summed E-state index contributed by atoms with van der Waals surface area (Å²) in [7, 11) is 0. The lowest BCUT2D eigenvalue weighted by Crippen LogP contribution is -2.20. The van der Waals surface area contributed by atoms with Crippen molar-refractivity contribution in [2.45, 2.75) is 33.6 Å². The molecule has 2 nitrogen and oxygen atoms in total. The average molecular weight is 245 g/mol. The fourth-order valence-electron chi connectivity index (χ4n) is 2.87. The monoisotopic (exact) mass is 245 g/mol. The van der Waals surface area contributed by atoms with Gasteiger partial charge in [0.1, 0.15) is 5.75 Å². The van der Waals surface area contributed by atoms with Crippen LogP contribution in [0.5, 0.6) is 5.75 Å². The second kappa shape index (κ2) is 5.47. The predicted molar refractivity (Wildman–Crippen MR) is 77.0 cm³/mol. The Morgan fingerprint density at radius 2 is 2.11 bits per heavy atom. The number of phenolic OH excluding ortho intramolecular Hbond substituents is 1. The Morgan fingerprint density at radius 3 is 2.78 bits per heavy atom. The van der Waals surface area contributed by atoms with Crippen LogP contribution in [0.1, 0.15) is 32.3 Å². The van der Waals surface area contributed by atoms with E-state index in [9.17, 15) is 5.11 Å². The number of nitrogens with one attached hydrogen (secondary N) is 1. The summed E-state index contributed by atoms with van der Waals surface area (Å²) in [6.45, 7) is 7.46. The molecule has 0 bridgehead atoms. The van der Waals surface area contributed by atoms with Crippen LogP contribution in [0.15, 0.2) is 29.8 Å². The topological polar surface area (TPSA) is 32.3 Å². The summed E-state index contributed by atoms with van der Waals surface area (Å²) in [5, 5.41) is 13.0. The summed E-state index contributed by atoms with van der Waals surface area (Å²) in [5.74, 6) is 1.79. The highest BCUT2D eigenvalue weighted by atomic mass is 16.3. The zero-order valence-electron chi connectivity index (χ0n) is 11.5. The Labute approximate surface area is 110 Å². The summed E-state index contributed by atoms with van der Waals surface area (Å²) < 4.78 is 0. The number of aryl methyl sites for hydroxylation is 1. The number of phenols is 1. The molecule has 1 aromatic rings. The quantitative estimate of drug-likeness (QED) is 0.620. The summed E-state index contributed by atoms with van der Waals surface area (Å²) >= 11 is 0. The zero-order valence-corrected chi connectivity index (χ0v) is 11.5.